The van der Waals surface area contributed by atoms with E-state index in [1.807, 2.05) is 0 Å². The molecule has 0 aliphatic rings. The second-order valence-electron chi connectivity index (χ2n) is 6.84. The molecule has 0 nitrogen and oxygen atoms in total. The molecule has 0 unspecified atom stereocenters. The lowest BCUT2D eigenvalue weighted by atomic mass is 9.83. The molecule has 0 aliphatic heterocycles. The third kappa shape index (κ3) is 2.57. The lowest BCUT2D eigenvalue weighted by Gasteiger charge is -2.21. The van der Waals surface area contributed by atoms with E-state index in [1.165, 1.54) is 55.6 Å². The molecule has 0 heterocycles. The highest BCUT2D eigenvalue weighted by Crippen LogP contribution is 2.38. The number of benzene rings is 3. The van der Waals surface area contributed by atoms with Crippen LogP contribution < -0.4 is 0 Å². The molecule has 0 aliphatic carbocycles. The SMILES string of the molecule is Cc1c(-c2ccccc2)cccc1-c1c(C)c(C)c(C)c(C)c1C. The molecule has 0 atom stereocenters. The first-order valence-electron chi connectivity index (χ1n) is 8.65. The van der Waals surface area contributed by atoms with Gasteiger partial charge in [-0.3, -0.25) is 0 Å². The minimum atomic E-state index is 1.28. The van der Waals surface area contributed by atoms with Crippen molar-refractivity contribution in [2.75, 3.05) is 0 Å². The average Bonchev–Trinajstić information content (AvgIpc) is 2.60. The monoisotopic (exact) mass is 314 g/mol. The molecular formula is C24H26. The Hall–Kier alpha value is -2.34. The van der Waals surface area contributed by atoms with Crippen molar-refractivity contribution in [3.05, 3.63) is 81.9 Å². The molecule has 0 heteroatoms. The van der Waals surface area contributed by atoms with Crippen LogP contribution in [0.15, 0.2) is 48.5 Å². The number of rotatable bonds is 2. The molecule has 0 N–H and O–H groups in total. The first-order valence-corrected chi connectivity index (χ1v) is 8.65. The Labute approximate surface area is 146 Å². The van der Waals surface area contributed by atoms with Gasteiger partial charge >= 0.3 is 0 Å². The van der Waals surface area contributed by atoms with Gasteiger partial charge in [-0.2, -0.15) is 0 Å². The van der Waals surface area contributed by atoms with E-state index in [4.69, 9.17) is 0 Å². The topological polar surface area (TPSA) is 0 Å². The van der Waals surface area contributed by atoms with Crippen molar-refractivity contribution < 1.29 is 0 Å². The number of hydrogen-bond acceptors (Lipinski definition) is 0. The normalized spacial score (nSPS) is 10.9. The Kier molecular flexibility index (Phi) is 4.32. The molecule has 0 amide bonds. The molecule has 0 fully saturated rings. The minimum absolute atomic E-state index is 1.28. The van der Waals surface area contributed by atoms with Crippen molar-refractivity contribution in [1.82, 2.24) is 0 Å². The third-order valence-corrected chi connectivity index (χ3v) is 5.69. The van der Waals surface area contributed by atoms with Gasteiger partial charge in [0.2, 0.25) is 0 Å². The van der Waals surface area contributed by atoms with Gasteiger partial charge in [-0.1, -0.05) is 48.5 Å². The Morgan fingerprint density at radius 2 is 0.917 bits per heavy atom. The molecule has 0 bridgehead atoms. The molecule has 3 rings (SSSR count). The van der Waals surface area contributed by atoms with Crippen molar-refractivity contribution in [2.45, 2.75) is 41.5 Å². The predicted octanol–water partition coefficient (Wildman–Crippen LogP) is 6.87. The Bertz CT molecular complexity index is 870. The van der Waals surface area contributed by atoms with Gasteiger partial charge in [-0.05, 0) is 97.2 Å². The standard InChI is InChI=1S/C24H26/c1-15-16(2)18(4)24(19(5)17(15)3)23-14-10-13-22(20(23)6)21-11-8-7-9-12-21/h7-14H,1-6H3. The maximum atomic E-state index is 2.27. The van der Waals surface area contributed by atoms with Crippen LogP contribution in [0.3, 0.4) is 0 Å². The molecule has 0 saturated heterocycles. The summed E-state index contributed by atoms with van der Waals surface area (Å²) in [6.07, 6.45) is 0. The van der Waals surface area contributed by atoms with E-state index in [9.17, 15) is 0 Å². The van der Waals surface area contributed by atoms with Crippen LogP contribution in [-0.4, -0.2) is 0 Å². The summed E-state index contributed by atoms with van der Waals surface area (Å²) < 4.78 is 0. The molecule has 0 radical (unpaired) electrons. The summed E-state index contributed by atoms with van der Waals surface area (Å²) in [6, 6.07) is 17.4. The molecule has 0 saturated carbocycles. The fourth-order valence-electron chi connectivity index (χ4n) is 3.74. The second-order valence-corrected chi connectivity index (χ2v) is 6.84. The summed E-state index contributed by atoms with van der Waals surface area (Å²) in [4.78, 5) is 0. The van der Waals surface area contributed by atoms with Crippen molar-refractivity contribution in [2.24, 2.45) is 0 Å². The van der Waals surface area contributed by atoms with Gasteiger partial charge in [0, 0.05) is 0 Å². The fourth-order valence-corrected chi connectivity index (χ4v) is 3.74. The second kappa shape index (κ2) is 6.28. The van der Waals surface area contributed by atoms with Crippen molar-refractivity contribution in [3.8, 4) is 22.3 Å². The van der Waals surface area contributed by atoms with E-state index in [0.717, 1.165) is 0 Å². The van der Waals surface area contributed by atoms with Crippen LogP contribution in [-0.2, 0) is 0 Å². The quantitative estimate of drug-likeness (QED) is 0.484. The lowest BCUT2D eigenvalue weighted by molar-refractivity contribution is 1.17. The van der Waals surface area contributed by atoms with Crippen LogP contribution in [0.1, 0.15) is 33.4 Å². The largest absolute Gasteiger partial charge is 0.0622 e. The summed E-state index contributed by atoms with van der Waals surface area (Å²) in [5.74, 6) is 0. The van der Waals surface area contributed by atoms with Crippen molar-refractivity contribution in [3.63, 3.8) is 0 Å². The van der Waals surface area contributed by atoms with Crippen molar-refractivity contribution in [1.29, 1.82) is 0 Å². The molecule has 122 valence electrons. The maximum absolute atomic E-state index is 2.27. The lowest BCUT2D eigenvalue weighted by Crippen LogP contribution is -2.01. The molecule has 0 aromatic heterocycles. The van der Waals surface area contributed by atoms with E-state index in [1.54, 1.807) is 0 Å². The van der Waals surface area contributed by atoms with Gasteiger partial charge in [0.25, 0.3) is 0 Å². The van der Waals surface area contributed by atoms with E-state index in [-0.39, 0.29) is 0 Å². The van der Waals surface area contributed by atoms with Gasteiger partial charge in [-0.25, -0.2) is 0 Å². The van der Waals surface area contributed by atoms with Gasteiger partial charge in [0.15, 0.2) is 0 Å². The minimum Gasteiger partial charge on any atom is -0.0622 e. The third-order valence-electron chi connectivity index (χ3n) is 5.69. The molecule has 3 aromatic carbocycles. The number of hydrogen-bond donors (Lipinski definition) is 0. The van der Waals surface area contributed by atoms with Crippen LogP contribution in [0.25, 0.3) is 22.3 Å². The summed E-state index contributed by atoms with van der Waals surface area (Å²) in [5, 5.41) is 0. The zero-order valence-corrected chi connectivity index (χ0v) is 15.6. The van der Waals surface area contributed by atoms with Crippen LogP contribution in [0.4, 0.5) is 0 Å². The first kappa shape index (κ1) is 16.5. The average molecular weight is 314 g/mol. The highest BCUT2D eigenvalue weighted by Gasteiger charge is 2.16. The van der Waals surface area contributed by atoms with Gasteiger partial charge in [0.05, 0.1) is 0 Å². The van der Waals surface area contributed by atoms with Crippen molar-refractivity contribution >= 4 is 0 Å². The predicted molar refractivity (Wildman–Crippen MR) is 106 cm³/mol. The maximum Gasteiger partial charge on any atom is -0.0117 e. The molecular weight excluding hydrogens is 288 g/mol. The van der Waals surface area contributed by atoms with Crippen LogP contribution in [0.5, 0.6) is 0 Å². The highest BCUT2D eigenvalue weighted by atomic mass is 14.2. The molecule has 3 aromatic rings. The molecule has 24 heavy (non-hydrogen) atoms. The highest BCUT2D eigenvalue weighted by molar-refractivity contribution is 5.82. The smallest absolute Gasteiger partial charge is 0.0117 e. The summed E-state index contributed by atoms with van der Waals surface area (Å²) >= 11 is 0. The van der Waals surface area contributed by atoms with Crippen LogP contribution in [0.2, 0.25) is 0 Å². The Balaban J connectivity index is 2.30. The van der Waals surface area contributed by atoms with E-state index in [2.05, 4.69) is 90.1 Å². The van der Waals surface area contributed by atoms with Crippen LogP contribution in [0, 0.1) is 41.5 Å². The summed E-state index contributed by atoms with van der Waals surface area (Å²) in [5.41, 5.74) is 13.8. The van der Waals surface area contributed by atoms with Gasteiger partial charge in [0.1, 0.15) is 0 Å². The zero-order chi connectivity index (χ0) is 17.4. The van der Waals surface area contributed by atoms with Gasteiger partial charge in [-0.15, -0.1) is 0 Å². The van der Waals surface area contributed by atoms with Gasteiger partial charge < -0.3 is 0 Å². The zero-order valence-electron chi connectivity index (χ0n) is 15.6. The first-order chi connectivity index (χ1) is 11.4. The Morgan fingerprint density at radius 3 is 1.50 bits per heavy atom. The summed E-state index contributed by atoms with van der Waals surface area (Å²) in [7, 11) is 0. The fraction of sp³-hybridized carbons (Fsp3) is 0.250. The van der Waals surface area contributed by atoms with E-state index >= 15 is 0 Å². The Morgan fingerprint density at radius 1 is 0.417 bits per heavy atom. The van der Waals surface area contributed by atoms with E-state index < -0.39 is 0 Å². The van der Waals surface area contributed by atoms with Crippen LogP contribution >= 0.6 is 0 Å². The van der Waals surface area contributed by atoms with E-state index in [0.29, 0.717) is 0 Å². The summed E-state index contributed by atoms with van der Waals surface area (Å²) in [6.45, 7) is 13.5. The molecule has 0 spiro atoms.